The molecule has 0 bridgehead atoms. The number of amides is 1. The van der Waals surface area contributed by atoms with Gasteiger partial charge >= 0.3 is 0 Å². The van der Waals surface area contributed by atoms with Crippen molar-refractivity contribution < 1.29 is 18.7 Å². The summed E-state index contributed by atoms with van der Waals surface area (Å²) >= 11 is 6.05. The fraction of sp³-hybridized carbons (Fsp3) is 0.533. The molecule has 2 rings (SSSR count). The third kappa shape index (κ3) is 5.90. The number of hydrogen-bond donors (Lipinski definition) is 1. The Kier molecular flexibility index (Phi) is 8.79. The molecular weight excluding hydrogens is 346 g/mol. The van der Waals surface area contributed by atoms with E-state index in [0.29, 0.717) is 43.4 Å². The van der Waals surface area contributed by atoms with Gasteiger partial charge < -0.3 is 19.7 Å². The van der Waals surface area contributed by atoms with Crippen molar-refractivity contribution in [1.29, 1.82) is 0 Å². The van der Waals surface area contributed by atoms with Crippen LogP contribution in [0.1, 0.15) is 5.56 Å². The SMILES string of the molecule is COCCN(Cc1ccc(F)cc1Cl)C(=O)C1CNCCO1.Cl. The second kappa shape index (κ2) is 10.1. The summed E-state index contributed by atoms with van der Waals surface area (Å²) in [4.78, 5) is 14.2. The molecule has 1 fully saturated rings. The summed E-state index contributed by atoms with van der Waals surface area (Å²) in [5.74, 6) is -0.520. The Morgan fingerprint density at radius 2 is 2.35 bits per heavy atom. The third-order valence-corrected chi connectivity index (χ3v) is 3.81. The van der Waals surface area contributed by atoms with E-state index < -0.39 is 11.9 Å². The van der Waals surface area contributed by atoms with Gasteiger partial charge in [0.25, 0.3) is 5.91 Å². The number of carbonyl (C=O) groups excluding carboxylic acids is 1. The molecule has 1 aromatic carbocycles. The van der Waals surface area contributed by atoms with E-state index in [1.54, 1.807) is 18.1 Å². The lowest BCUT2D eigenvalue weighted by molar-refractivity contribution is -0.146. The zero-order valence-electron chi connectivity index (χ0n) is 12.9. The van der Waals surface area contributed by atoms with Crippen LogP contribution in [-0.2, 0) is 20.8 Å². The number of carbonyl (C=O) groups is 1. The molecule has 1 aromatic rings. The Morgan fingerprint density at radius 3 is 2.96 bits per heavy atom. The van der Waals surface area contributed by atoms with Crippen molar-refractivity contribution in [2.24, 2.45) is 0 Å². The predicted octanol–water partition coefficient (Wildman–Crippen LogP) is 1.86. The molecule has 1 unspecified atom stereocenters. The first kappa shape index (κ1) is 20.1. The van der Waals surface area contributed by atoms with Crippen molar-refractivity contribution in [3.63, 3.8) is 0 Å². The van der Waals surface area contributed by atoms with Crippen LogP contribution in [0.2, 0.25) is 5.02 Å². The second-order valence-electron chi connectivity index (χ2n) is 5.05. The number of nitrogens with one attached hydrogen (secondary N) is 1. The maximum Gasteiger partial charge on any atom is 0.253 e. The van der Waals surface area contributed by atoms with Crippen LogP contribution in [0.3, 0.4) is 0 Å². The van der Waals surface area contributed by atoms with Crippen molar-refractivity contribution in [1.82, 2.24) is 10.2 Å². The lowest BCUT2D eigenvalue weighted by Crippen LogP contribution is -2.49. The normalized spacial score (nSPS) is 17.4. The Labute approximate surface area is 146 Å². The minimum Gasteiger partial charge on any atom is -0.383 e. The van der Waals surface area contributed by atoms with Crippen LogP contribution in [0.5, 0.6) is 0 Å². The largest absolute Gasteiger partial charge is 0.383 e. The van der Waals surface area contributed by atoms with E-state index in [9.17, 15) is 9.18 Å². The van der Waals surface area contributed by atoms with Gasteiger partial charge in [0, 0.05) is 38.3 Å². The molecule has 130 valence electrons. The molecule has 0 radical (unpaired) electrons. The highest BCUT2D eigenvalue weighted by atomic mass is 35.5. The molecule has 1 saturated heterocycles. The van der Waals surface area contributed by atoms with E-state index in [2.05, 4.69) is 5.32 Å². The second-order valence-corrected chi connectivity index (χ2v) is 5.46. The Hall–Kier alpha value is -0.920. The molecule has 23 heavy (non-hydrogen) atoms. The zero-order valence-corrected chi connectivity index (χ0v) is 14.5. The lowest BCUT2D eigenvalue weighted by atomic mass is 10.2. The van der Waals surface area contributed by atoms with Crippen molar-refractivity contribution in [3.8, 4) is 0 Å². The predicted molar refractivity (Wildman–Crippen MR) is 88.6 cm³/mol. The smallest absolute Gasteiger partial charge is 0.253 e. The van der Waals surface area contributed by atoms with Gasteiger partial charge in [0.05, 0.1) is 13.2 Å². The minimum atomic E-state index is -0.509. The number of nitrogens with zero attached hydrogens (tertiary/aromatic N) is 1. The van der Waals surface area contributed by atoms with Crippen molar-refractivity contribution >= 4 is 29.9 Å². The van der Waals surface area contributed by atoms with E-state index in [1.807, 2.05) is 0 Å². The molecule has 1 N–H and O–H groups in total. The maximum absolute atomic E-state index is 13.1. The van der Waals surface area contributed by atoms with E-state index in [0.717, 1.165) is 6.54 Å². The molecule has 1 atom stereocenters. The number of benzene rings is 1. The van der Waals surface area contributed by atoms with Gasteiger partial charge in [-0.2, -0.15) is 0 Å². The number of rotatable bonds is 6. The number of ether oxygens (including phenoxy) is 2. The number of methoxy groups -OCH3 is 1. The summed E-state index contributed by atoms with van der Waals surface area (Å²) < 4.78 is 23.7. The van der Waals surface area contributed by atoms with Crippen LogP contribution in [0.15, 0.2) is 18.2 Å². The highest BCUT2D eigenvalue weighted by Crippen LogP contribution is 2.19. The van der Waals surface area contributed by atoms with Crippen LogP contribution in [0, 0.1) is 5.82 Å². The fourth-order valence-electron chi connectivity index (χ4n) is 2.25. The topological polar surface area (TPSA) is 50.8 Å². The molecule has 0 aromatic heterocycles. The van der Waals surface area contributed by atoms with E-state index in [-0.39, 0.29) is 18.3 Å². The molecule has 0 spiro atoms. The molecule has 8 heteroatoms. The molecular formula is C15H21Cl2FN2O3. The van der Waals surface area contributed by atoms with Crippen molar-refractivity contribution in [2.75, 3.05) is 40.0 Å². The van der Waals surface area contributed by atoms with Crippen LogP contribution < -0.4 is 5.32 Å². The van der Waals surface area contributed by atoms with Crippen LogP contribution in [-0.4, -0.2) is 56.9 Å². The average molecular weight is 367 g/mol. The maximum atomic E-state index is 13.1. The minimum absolute atomic E-state index is 0. The molecule has 0 saturated carbocycles. The Balaban J connectivity index is 0.00000264. The molecule has 1 heterocycles. The average Bonchev–Trinajstić information content (AvgIpc) is 2.53. The van der Waals surface area contributed by atoms with E-state index in [1.165, 1.54) is 12.1 Å². The first-order valence-electron chi connectivity index (χ1n) is 7.16. The summed E-state index contributed by atoms with van der Waals surface area (Å²) in [6.45, 7) is 2.85. The quantitative estimate of drug-likeness (QED) is 0.834. The van der Waals surface area contributed by atoms with Crippen LogP contribution in [0.25, 0.3) is 0 Å². The van der Waals surface area contributed by atoms with Gasteiger partial charge in [0.15, 0.2) is 0 Å². The van der Waals surface area contributed by atoms with Gasteiger partial charge in [0.1, 0.15) is 11.9 Å². The number of hydrogen-bond acceptors (Lipinski definition) is 4. The molecule has 1 aliphatic heterocycles. The number of morpholine rings is 1. The summed E-state index contributed by atoms with van der Waals surface area (Å²) in [5.41, 5.74) is 0.691. The van der Waals surface area contributed by atoms with Gasteiger partial charge in [-0.25, -0.2) is 4.39 Å². The van der Waals surface area contributed by atoms with Gasteiger partial charge in [-0.1, -0.05) is 17.7 Å². The van der Waals surface area contributed by atoms with Gasteiger partial charge in [-0.05, 0) is 17.7 Å². The van der Waals surface area contributed by atoms with Crippen molar-refractivity contribution in [3.05, 3.63) is 34.6 Å². The van der Waals surface area contributed by atoms with Crippen molar-refractivity contribution in [2.45, 2.75) is 12.6 Å². The van der Waals surface area contributed by atoms with Crippen LogP contribution in [0.4, 0.5) is 4.39 Å². The van der Waals surface area contributed by atoms with Gasteiger partial charge in [-0.3, -0.25) is 4.79 Å². The first-order chi connectivity index (χ1) is 10.6. The summed E-state index contributed by atoms with van der Waals surface area (Å²) in [5, 5.41) is 3.43. The summed E-state index contributed by atoms with van der Waals surface area (Å²) in [6.07, 6.45) is -0.509. The summed E-state index contributed by atoms with van der Waals surface area (Å²) in [7, 11) is 1.58. The Morgan fingerprint density at radius 1 is 1.57 bits per heavy atom. The monoisotopic (exact) mass is 366 g/mol. The van der Waals surface area contributed by atoms with Crippen LogP contribution >= 0.6 is 24.0 Å². The van der Waals surface area contributed by atoms with E-state index >= 15 is 0 Å². The first-order valence-corrected chi connectivity index (χ1v) is 7.53. The molecule has 5 nitrogen and oxygen atoms in total. The van der Waals surface area contributed by atoms with E-state index in [4.69, 9.17) is 21.1 Å². The number of halogens is 3. The van der Waals surface area contributed by atoms with Gasteiger partial charge in [0.2, 0.25) is 0 Å². The third-order valence-electron chi connectivity index (χ3n) is 3.46. The highest BCUT2D eigenvalue weighted by molar-refractivity contribution is 6.31. The highest BCUT2D eigenvalue weighted by Gasteiger charge is 2.27. The summed E-state index contributed by atoms with van der Waals surface area (Å²) in [6, 6.07) is 4.16. The van der Waals surface area contributed by atoms with Gasteiger partial charge in [-0.15, -0.1) is 12.4 Å². The fourth-order valence-corrected chi connectivity index (χ4v) is 2.48. The standard InChI is InChI=1S/C15H20ClFN2O3.ClH/c1-21-7-5-19(15(20)14-9-18-4-6-22-14)10-11-2-3-12(17)8-13(11)16;/h2-3,8,14,18H,4-7,9-10H2,1H3;1H. The molecule has 1 aliphatic rings. The Bertz CT molecular complexity index is 513. The zero-order chi connectivity index (χ0) is 15.9. The lowest BCUT2D eigenvalue weighted by Gasteiger charge is -2.30. The molecule has 1 amide bonds. The molecule has 0 aliphatic carbocycles.